The van der Waals surface area contributed by atoms with Crippen molar-refractivity contribution in [3.8, 4) is 0 Å². The Morgan fingerprint density at radius 3 is 2.70 bits per heavy atom. The quantitative estimate of drug-likeness (QED) is 0.908. The molecule has 5 heteroatoms. The van der Waals surface area contributed by atoms with Crippen LogP contribution in [0.2, 0.25) is 0 Å². The minimum absolute atomic E-state index is 0.141. The largest absolute Gasteiger partial charge is 0.342 e. The first-order valence-electron chi connectivity index (χ1n) is 7.66. The molecule has 1 aliphatic rings. The lowest BCUT2D eigenvalue weighted by Crippen LogP contribution is -2.39. The first-order chi connectivity index (χ1) is 9.70. The number of amides is 1. The highest BCUT2D eigenvalue weighted by atomic mass is 32.1. The van der Waals surface area contributed by atoms with Crippen LogP contribution >= 0.6 is 11.3 Å². The molecule has 0 saturated carbocycles. The summed E-state index contributed by atoms with van der Waals surface area (Å²) in [5.74, 6) is 0.227. The van der Waals surface area contributed by atoms with Crippen LogP contribution in [-0.4, -0.2) is 35.4 Å². The van der Waals surface area contributed by atoms with Crippen molar-refractivity contribution in [3.63, 3.8) is 0 Å². The Kier molecular flexibility index (Phi) is 5.98. The Bertz CT molecular complexity index is 425. The average molecular weight is 295 g/mol. The Hall–Kier alpha value is -0.940. The number of thiazole rings is 1. The molecule has 1 aromatic heterocycles. The van der Waals surface area contributed by atoms with Crippen LogP contribution in [0.5, 0.6) is 0 Å². The van der Waals surface area contributed by atoms with Gasteiger partial charge in [0.2, 0.25) is 5.91 Å². The van der Waals surface area contributed by atoms with Crippen molar-refractivity contribution in [2.45, 2.75) is 52.0 Å². The molecule has 2 rings (SSSR count). The lowest BCUT2D eigenvalue weighted by molar-refractivity contribution is -0.130. The predicted molar refractivity (Wildman–Crippen MR) is 83.0 cm³/mol. The summed E-state index contributed by atoms with van der Waals surface area (Å²) in [6, 6.07) is 0.141. The van der Waals surface area contributed by atoms with Gasteiger partial charge in [-0.25, -0.2) is 4.98 Å². The lowest BCUT2D eigenvalue weighted by Gasteiger charge is -2.21. The number of aryl methyl sites for hydroxylation is 1. The molecule has 0 radical (unpaired) electrons. The van der Waals surface area contributed by atoms with Gasteiger partial charge < -0.3 is 10.2 Å². The number of nitrogens with one attached hydrogen (secondary N) is 1. The number of carbonyl (C=O) groups is 1. The Balaban J connectivity index is 1.79. The van der Waals surface area contributed by atoms with Gasteiger partial charge in [-0.15, -0.1) is 11.3 Å². The minimum atomic E-state index is 0.141. The fourth-order valence-electron chi connectivity index (χ4n) is 2.46. The Morgan fingerprint density at radius 2 is 2.10 bits per heavy atom. The smallest absolute Gasteiger partial charge is 0.236 e. The third-order valence-corrected chi connectivity index (χ3v) is 4.85. The number of likely N-dealkylation sites (tertiary alicyclic amines) is 1. The Morgan fingerprint density at radius 1 is 1.40 bits per heavy atom. The van der Waals surface area contributed by atoms with Crippen LogP contribution in [0, 0.1) is 0 Å². The second kappa shape index (κ2) is 7.74. The highest BCUT2D eigenvalue weighted by molar-refractivity contribution is 7.09. The molecular weight excluding hydrogens is 270 g/mol. The van der Waals surface area contributed by atoms with Gasteiger partial charge in [-0.1, -0.05) is 19.8 Å². The molecule has 1 saturated heterocycles. The number of hydrogen-bond acceptors (Lipinski definition) is 4. The summed E-state index contributed by atoms with van der Waals surface area (Å²) in [6.07, 6.45) is 5.78. The summed E-state index contributed by atoms with van der Waals surface area (Å²) in [5, 5.41) is 6.56. The van der Waals surface area contributed by atoms with Crippen molar-refractivity contribution in [2.75, 3.05) is 19.6 Å². The maximum atomic E-state index is 12.2. The van der Waals surface area contributed by atoms with Gasteiger partial charge in [0.05, 0.1) is 17.2 Å². The standard InChI is InChI=1S/C15H25N3OS/c1-3-14-17-13(11-20-14)12(2)16-10-15(19)18-8-6-4-5-7-9-18/h11-12,16H,3-10H2,1-2H3. The van der Waals surface area contributed by atoms with E-state index in [0.29, 0.717) is 6.54 Å². The monoisotopic (exact) mass is 295 g/mol. The van der Waals surface area contributed by atoms with E-state index in [1.807, 2.05) is 4.90 Å². The maximum absolute atomic E-state index is 12.2. The zero-order valence-corrected chi connectivity index (χ0v) is 13.3. The first kappa shape index (κ1) is 15.4. The second-order valence-corrected chi connectivity index (χ2v) is 6.36. The fourth-order valence-corrected chi connectivity index (χ4v) is 3.30. The SMILES string of the molecule is CCc1nc(C(C)NCC(=O)N2CCCCCC2)cs1. The summed E-state index contributed by atoms with van der Waals surface area (Å²) >= 11 is 1.70. The molecule has 0 aliphatic carbocycles. The average Bonchev–Trinajstić information content (AvgIpc) is 2.78. The van der Waals surface area contributed by atoms with E-state index in [4.69, 9.17) is 0 Å². The van der Waals surface area contributed by atoms with Gasteiger partial charge in [0, 0.05) is 24.5 Å². The molecule has 1 fully saturated rings. The molecule has 1 amide bonds. The number of carbonyl (C=O) groups excluding carboxylic acids is 1. The third-order valence-electron chi connectivity index (χ3n) is 3.83. The van der Waals surface area contributed by atoms with E-state index in [2.05, 4.69) is 29.5 Å². The fraction of sp³-hybridized carbons (Fsp3) is 0.733. The molecular formula is C15H25N3OS. The van der Waals surface area contributed by atoms with Crippen LogP contribution in [0.1, 0.15) is 56.3 Å². The summed E-state index contributed by atoms with van der Waals surface area (Å²) in [4.78, 5) is 18.8. The van der Waals surface area contributed by atoms with Crippen molar-refractivity contribution in [3.05, 3.63) is 16.1 Å². The van der Waals surface area contributed by atoms with Gasteiger partial charge in [0.1, 0.15) is 0 Å². The van der Waals surface area contributed by atoms with Gasteiger partial charge in [-0.2, -0.15) is 0 Å². The van der Waals surface area contributed by atoms with E-state index >= 15 is 0 Å². The summed E-state index contributed by atoms with van der Waals surface area (Å²) in [6.45, 7) is 6.45. The molecule has 1 atom stereocenters. The van der Waals surface area contributed by atoms with E-state index in [0.717, 1.165) is 43.1 Å². The molecule has 1 N–H and O–H groups in total. The zero-order valence-electron chi connectivity index (χ0n) is 12.5. The lowest BCUT2D eigenvalue weighted by atomic mass is 10.2. The normalized spacial score (nSPS) is 17.8. The van der Waals surface area contributed by atoms with Crippen LogP contribution in [0.15, 0.2) is 5.38 Å². The van der Waals surface area contributed by atoms with E-state index in [1.165, 1.54) is 12.8 Å². The summed E-state index contributed by atoms with van der Waals surface area (Å²) in [5.41, 5.74) is 1.05. The van der Waals surface area contributed by atoms with Crippen LogP contribution < -0.4 is 5.32 Å². The van der Waals surface area contributed by atoms with Crippen molar-refractivity contribution < 1.29 is 4.79 Å². The van der Waals surface area contributed by atoms with Crippen molar-refractivity contribution in [1.29, 1.82) is 0 Å². The van der Waals surface area contributed by atoms with E-state index < -0.39 is 0 Å². The number of aromatic nitrogens is 1. The number of rotatable bonds is 5. The number of hydrogen-bond donors (Lipinski definition) is 1. The molecule has 1 unspecified atom stereocenters. The topological polar surface area (TPSA) is 45.2 Å². The summed E-state index contributed by atoms with van der Waals surface area (Å²) < 4.78 is 0. The molecule has 1 aliphatic heterocycles. The molecule has 2 heterocycles. The van der Waals surface area contributed by atoms with Gasteiger partial charge >= 0.3 is 0 Å². The number of nitrogens with zero attached hydrogens (tertiary/aromatic N) is 2. The van der Waals surface area contributed by atoms with Crippen molar-refractivity contribution in [2.24, 2.45) is 0 Å². The molecule has 20 heavy (non-hydrogen) atoms. The van der Waals surface area contributed by atoms with Gasteiger partial charge in [0.15, 0.2) is 0 Å². The van der Waals surface area contributed by atoms with Crippen LogP contribution in [0.3, 0.4) is 0 Å². The molecule has 0 spiro atoms. The second-order valence-electron chi connectivity index (χ2n) is 5.42. The Labute approximate surface area is 125 Å². The first-order valence-corrected chi connectivity index (χ1v) is 8.54. The minimum Gasteiger partial charge on any atom is -0.342 e. The van der Waals surface area contributed by atoms with Crippen molar-refractivity contribution in [1.82, 2.24) is 15.2 Å². The zero-order chi connectivity index (χ0) is 14.4. The highest BCUT2D eigenvalue weighted by Gasteiger charge is 2.17. The van der Waals surface area contributed by atoms with E-state index in [9.17, 15) is 4.79 Å². The maximum Gasteiger partial charge on any atom is 0.236 e. The molecule has 0 bridgehead atoms. The third kappa shape index (κ3) is 4.28. The van der Waals surface area contributed by atoms with Crippen LogP contribution in [0.4, 0.5) is 0 Å². The predicted octanol–water partition coefficient (Wildman–Crippen LogP) is 2.76. The molecule has 0 aromatic carbocycles. The van der Waals surface area contributed by atoms with Gasteiger partial charge in [-0.3, -0.25) is 4.79 Å². The molecule has 1 aromatic rings. The van der Waals surface area contributed by atoms with Crippen LogP contribution in [0.25, 0.3) is 0 Å². The van der Waals surface area contributed by atoms with E-state index in [1.54, 1.807) is 11.3 Å². The summed E-state index contributed by atoms with van der Waals surface area (Å²) in [7, 11) is 0. The van der Waals surface area contributed by atoms with Crippen LogP contribution in [-0.2, 0) is 11.2 Å². The van der Waals surface area contributed by atoms with E-state index in [-0.39, 0.29) is 11.9 Å². The molecule has 112 valence electrons. The highest BCUT2D eigenvalue weighted by Crippen LogP contribution is 2.17. The van der Waals surface area contributed by atoms with Crippen molar-refractivity contribution >= 4 is 17.2 Å². The van der Waals surface area contributed by atoms with Gasteiger partial charge in [0.25, 0.3) is 0 Å². The molecule has 4 nitrogen and oxygen atoms in total. The van der Waals surface area contributed by atoms with Gasteiger partial charge in [-0.05, 0) is 26.2 Å².